The van der Waals surface area contributed by atoms with E-state index in [2.05, 4.69) is 6.58 Å². The summed E-state index contributed by atoms with van der Waals surface area (Å²) < 4.78 is 15.8. The fourth-order valence-electron chi connectivity index (χ4n) is 0.390. The predicted molar refractivity (Wildman–Crippen MR) is 43.5 cm³/mol. The first-order chi connectivity index (χ1) is 4.66. The van der Waals surface area contributed by atoms with E-state index in [9.17, 15) is 4.57 Å². The highest BCUT2D eigenvalue weighted by Gasteiger charge is 2.14. The molecule has 0 saturated carbocycles. The quantitative estimate of drug-likeness (QED) is 0.457. The van der Waals surface area contributed by atoms with Crippen molar-refractivity contribution in [1.82, 2.24) is 0 Å². The van der Waals surface area contributed by atoms with Crippen LogP contribution >= 0.6 is 8.03 Å². The Hall–Kier alpha value is -0.200. The van der Waals surface area contributed by atoms with Crippen molar-refractivity contribution in [2.75, 3.05) is 12.8 Å². The molecule has 0 radical (unpaired) electrons. The molecule has 0 aromatic carbocycles. The van der Waals surface area contributed by atoms with Crippen LogP contribution in [0.3, 0.4) is 0 Å². The van der Waals surface area contributed by atoms with Crippen LogP contribution in [0, 0.1) is 5.92 Å². The highest BCUT2D eigenvalue weighted by molar-refractivity contribution is 7.39. The number of allylic oxidation sites excluding steroid dienone is 1. The molecule has 2 nitrogen and oxygen atoms in total. The van der Waals surface area contributed by atoms with Gasteiger partial charge in [0.25, 0.3) is 0 Å². The van der Waals surface area contributed by atoms with E-state index < -0.39 is 8.03 Å². The second-order valence-electron chi connectivity index (χ2n) is 2.49. The Morgan fingerprint density at radius 2 is 2.30 bits per heavy atom. The first-order valence-corrected chi connectivity index (χ1v) is 4.71. The van der Waals surface area contributed by atoms with Crippen LogP contribution in [-0.2, 0) is 9.09 Å². The maximum Gasteiger partial charge on any atom is 0.512 e. The van der Waals surface area contributed by atoms with Gasteiger partial charge in [0.15, 0.2) is 6.16 Å². The van der Waals surface area contributed by atoms with Crippen LogP contribution in [0.15, 0.2) is 12.7 Å². The van der Waals surface area contributed by atoms with Crippen molar-refractivity contribution in [2.45, 2.75) is 13.8 Å². The molecule has 0 fully saturated rings. The Labute approximate surface area is 63.1 Å². The molecule has 0 aliphatic carbocycles. The van der Waals surface area contributed by atoms with Gasteiger partial charge >= 0.3 is 8.03 Å². The molecule has 58 valence electrons. The van der Waals surface area contributed by atoms with Crippen molar-refractivity contribution in [3.63, 3.8) is 0 Å². The van der Waals surface area contributed by atoms with Gasteiger partial charge in [-0.2, -0.15) is 0 Å². The zero-order valence-electron chi connectivity index (χ0n) is 6.54. The van der Waals surface area contributed by atoms with Gasteiger partial charge in [-0.3, -0.25) is 0 Å². The predicted octanol–water partition coefficient (Wildman–Crippen LogP) is 2.59. The molecule has 0 aliphatic rings. The lowest BCUT2D eigenvalue weighted by molar-refractivity contribution is 0.284. The van der Waals surface area contributed by atoms with Gasteiger partial charge in [-0.05, 0) is 16.6 Å². The average Bonchev–Trinajstić information content (AvgIpc) is 1.85. The summed E-state index contributed by atoms with van der Waals surface area (Å²) in [6, 6.07) is 0. The standard InChI is InChI=1S/C7H14O2P/c1-4-5-10(8)9-6-7(2)3/h4,7H,1,5-6H2,2-3H3/q+1. The van der Waals surface area contributed by atoms with Crippen LogP contribution < -0.4 is 0 Å². The molecule has 0 saturated heterocycles. The van der Waals surface area contributed by atoms with Crippen LogP contribution in [0.2, 0.25) is 0 Å². The lowest BCUT2D eigenvalue weighted by Crippen LogP contribution is -1.96. The van der Waals surface area contributed by atoms with Gasteiger partial charge in [0.1, 0.15) is 6.61 Å². The molecule has 1 atom stereocenters. The summed E-state index contributed by atoms with van der Waals surface area (Å²) in [5.74, 6) is 0.448. The summed E-state index contributed by atoms with van der Waals surface area (Å²) in [5, 5.41) is 0. The van der Waals surface area contributed by atoms with E-state index in [0.717, 1.165) is 0 Å². The van der Waals surface area contributed by atoms with E-state index in [1.807, 2.05) is 13.8 Å². The highest BCUT2D eigenvalue weighted by atomic mass is 31.1. The Balaban J connectivity index is 3.30. The number of hydrogen-bond acceptors (Lipinski definition) is 2. The summed E-state index contributed by atoms with van der Waals surface area (Å²) in [5.41, 5.74) is 0. The van der Waals surface area contributed by atoms with Crippen LogP contribution in [0.5, 0.6) is 0 Å². The third kappa shape index (κ3) is 5.93. The minimum atomic E-state index is -1.48. The minimum Gasteiger partial charge on any atom is -0.146 e. The summed E-state index contributed by atoms with van der Waals surface area (Å²) in [6.45, 7) is 8.09. The van der Waals surface area contributed by atoms with Gasteiger partial charge < -0.3 is 0 Å². The van der Waals surface area contributed by atoms with E-state index >= 15 is 0 Å². The smallest absolute Gasteiger partial charge is 0.146 e. The summed E-state index contributed by atoms with van der Waals surface area (Å²) >= 11 is 0. The zero-order chi connectivity index (χ0) is 7.98. The molecule has 0 N–H and O–H groups in total. The number of rotatable bonds is 5. The highest BCUT2D eigenvalue weighted by Crippen LogP contribution is 2.22. The molecule has 0 amide bonds. The average molecular weight is 161 g/mol. The van der Waals surface area contributed by atoms with Crippen LogP contribution in [0.1, 0.15) is 13.8 Å². The molecule has 0 bridgehead atoms. The monoisotopic (exact) mass is 161 g/mol. The third-order valence-corrected chi connectivity index (χ3v) is 1.82. The van der Waals surface area contributed by atoms with E-state index in [0.29, 0.717) is 18.7 Å². The fraction of sp³-hybridized carbons (Fsp3) is 0.714. The zero-order valence-corrected chi connectivity index (χ0v) is 7.43. The van der Waals surface area contributed by atoms with Gasteiger partial charge in [-0.15, -0.1) is 4.52 Å². The van der Waals surface area contributed by atoms with Crippen molar-refractivity contribution in [2.24, 2.45) is 5.92 Å². The van der Waals surface area contributed by atoms with Crippen molar-refractivity contribution >= 4 is 8.03 Å². The lowest BCUT2D eigenvalue weighted by atomic mass is 10.2. The molecule has 0 heterocycles. The maximum absolute atomic E-state index is 10.8. The van der Waals surface area contributed by atoms with Crippen molar-refractivity contribution in [1.29, 1.82) is 0 Å². The van der Waals surface area contributed by atoms with Crippen molar-refractivity contribution in [3.05, 3.63) is 12.7 Å². The SMILES string of the molecule is C=CC[P+](=O)OCC(C)C. The molecule has 0 aromatic heterocycles. The Bertz CT molecular complexity index is 121. The van der Waals surface area contributed by atoms with Crippen LogP contribution in [0.25, 0.3) is 0 Å². The lowest BCUT2D eigenvalue weighted by Gasteiger charge is -1.94. The third-order valence-electron chi connectivity index (χ3n) is 0.830. The molecule has 0 aliphatic heterocycles. The molecule has 0 spiro atoms. The maximum atomic E-state index is 10.8. The Morgan fingerprint density at radius 3 is 2.70 bits per heavy atom. The summed E-state index contributed by atoms with van der Waals surface area (Å²) in [7, 11) is -1.48. The van der Waals surface area contributed by atoms with E-state index in [1.165, 1.54) is 0 Å². The molecule has 10 heavy (non-hydrogen) atoms. The van der Waals surface area contributed by atoms with Gasteiger partial charge in [0.05, 0.1) is 0 Å². The molecular weight excluding hydrogens is 147 g/mol. The summed E-state index contributed by atoms with van der Waals surface area (Å²) in [4.78, 5) is 0. The first-order valence-electron chi connectivity index (χ1n) is 3.35. The first kappa shape index (κ1) is 9.80. The van der Waals surface area contributed by atoms with Crippen LogP contribution in [0.4, 0.5) is 0 Å². The number of hydrogen-bond donors (Lipinski definition) is 0. The van der Waals surface area contributed by atoms with Gasteiger partial charge in [0.2, 0.25) is 0 Å². The topological polar surface area (TPSA) is 26.3 Å². The molecular formula is C7H14O2P+. The fourth-order valence-corrected chi connectivity index (χ4v) is 1.17. The van der Waals surface area contributed by atoms with E-state index in [-0.39, 0.29) is 0 Å². The van der Waals surface area contributed by atoms with Crippen LogP contribution in [-0.4, -0.2) is 12.8 Å². The molecule has 1 unspecified atom stereocenters. The van der Waals surface area contributed by atoms with Crippen molar-refractivity contribution < 1.29 is 9.09 Å². The Morgan fingerprint density at radius 1 is 1.70 bits per heavy atom. The van der Waals surface area contributed by atoms with Gasteiger partial charge in [-0.25, -0.2) is 0 Å². The van der Waals surface area contributed by atoms with Gasteiger partial charge in [-0.1, -0.05) is 20.4 Å². The van der Waals surface area contributed by atoms with E-state index in [1.54, 1.807) is 6.08 Å². The van der Waals surface area contributed by atoms with E-state index in [4.69, 9.17) is 4.52 Å². The molecule has 3 heteroatoms. The van der Waals surface area contributed by atoms with Gasteiger partial charge in [0, 0.05) is 0 Å². The largest absolute Gasteiger partial charge is 0.512 e. The normalized spacial score (nSPS) is 11.7. The molecule has 0 rings (SSSR count). The second-order valence-corrected chi connectivity index (χ2v) is 3.78. The minimum absolute atomic E-state index is 0.448. The van der Waals surface area contributed by atoms with Crippen molar-refractivity contribution in [3.8, 4) is 0 Å². The molecule has 0 aromatic rings. The summed E-state index contributed by atoms with van der Waals surface area (Å²) in [6.07, 6.45) is 2.07. The second kappa shape index (κ2) is 5.57. The Kier molecular flexibility index (Phi) is 5.46.